The number of nitrogens with one attached hydrogen (secondary N) is 1. The summed E-state index contributed by atoms with van der Waals surface area (Å²) in [5.74, 6) is 0. The Morgan fingerprint density at radius 1 is 0.306 bits per heavy atom. The molecule has 0 aliphatic carbocycles. The van der Waals surface area contributed by atoms with Gasteiger partial charge >= 0.3 is 0 Å². The highest BCUT2D eigenvalue weighted by atomic mass is 14.8. The molecule has 9 rings (SSSR count). The molecule has 3 aliphatic rings. The topological polar surface area (TPSA) is 40.5 Å². The predicted octanol–water partition coefficient (Wildman–Crippen LogP) is 8.67. The van der Waals surface area contributed by atoms with Gasteiger partial charge in [-0.2, -0.15) is 0 Å². The zero-order valence-electron chi connectivity index (χ0n) is 26.7. The Bertz CT molecular complexity index is 2370. The maximum absolute atomic E-state index is 5.39. The summed E-state index contributed by atoms with van der Waals surface area (Å²) in [5.41, 5.74) is 14.6. The van der Waals surface area contributed by atoms with Crippen LogP contribution in [-0.4, -0.2) is 16.4 Å². The van der Waals surface area contributed by atoms with E-state index in [1.165, 1.54) is 0 Å². The van der Waals surface area contributed by atoms with Gasteiger partial charge in [-0.1, -0.05) is 140 Å². The molecule has 230 valence electrons. The maximum atomic E-state index is 5.39. The van der Waals surface area contributed by atoms with Gasteiger partial charge in [-0.15, -0.1) is 0 Å². The van der Waals surface area contributed by atoms with E-state index >= 15 is 0 Å². The van der Waals surface area contributed by atoms with Crippen molar-refractivity contribution in [3.05, 3.63) is 238 Å². The standard InChI is InChI=1S/C46H31N3/c1-5-14-31(15-6-1)43-35-22-13-23-36(30-35)44(32-16-7-2-8-17-32)38-25-27-40(48-38)46(34-20-11-4-12-21-34)42-29-28-41(49-42)45(33-18-9-3-10-19-33)39-26-24-37(43)47-39/h1-30,49H. The van der Waals surface area contributed by atoms with Gasteiger partial charge in [0.05, 0.1) is 22.8 Å². The van der Waals surface area contributed by atoms with Crippen LogP contribution < -0.4 is 10.7 Å². The van der Waals surface area contributed by atoms with E-state index in [9.17, 15) is 0 Å². The molecule has 5 aromatic carbocycles. The van der Waals surface area contributed by atoms with Crippen LogP contribution in [0.2, 0.25) is 0 Å². The van der Waals surface area contributed by atoms with Gasteiger partial charge in [0.25, 0.3) is 0 Å². The quantitative estimate of drug-likeness (QED) is 0.204. The average Bonchev–Trinajstić information content (AvgIpc) is 3.94. The van der Waals surface area contributed by atoms with Crippen LogP contribution >= 0.6 is 0 Å². The Labute approximate surface area is 285 Å². The second kappa shape index (κ2) is 12.2. The van der Waals surface area contributed by atoms with E-state index < -0.39 is 0 Å². The fraction of sp³-hybridized carbons (Fsp3) is 0. The molecular weight excluding hydrogens is 595 g/mol. The first kappa shape index (κ1) is 28.6. The van der Waals surface area contributed by atoms with Crippen LogP contribution in [0.3, 0.4) is 0 Å². The molecule has 49 heavy (non-hydrogen) atoms. The Balaban J connectivity index is 1.43. The molecule has 1 aromatic heterocycles. The number of aromatic amines is 1. The first-order valence-corrected chi connectivity index (χ1v) is 16.6. The van der Waals surface area contributed by atoms with Gasteiger partial charge in [-0.05, 0) is 75.9 Å². The molecule has 3 nitrogen and oxygen atoms in total. The number of nitrogens with zero attached hydrogens (tertiary/aromatic N) is 2. The molecule has 0 saturated carbocycles. The highest BCUT2D eigenvalue weighted by Gasteiger charge is 2.22. The minimum atomic E-state index is 0.915. The number of hydrogen-bond donors (Lipinski definition) is 1. The number of rotatable bonds is 4. The largest absolute Gasteiger partial charge is 0.354 e. The monoisotopic (exact) mass is 625 g/mol. The summed E-state index contributed by atoms with van der Waals surface area (Å²) in [6.07, 6.45) is 8.61. The fourth-order valence-electron chi connectivity index (χ4n) is 7.03. The molecule has 0 atom stereocenters. The summed E-state index contributed by atoms with van der Waals surface area (Å²) in [7, 11) is 0. The summed E-state index contributed by atoms with van der Waals surface area (Å²) in [6, 6.07) is 55.4. The lowest BCUT2D eigenvalue weighted by Gasteiger charge is -2.15. The third-order valence-corrected chi connectivity index (χ3v) is 9.22. The third kappa shape index (κ3) is 5.28. The van der Waals surface area contributed by atoms with E-state index in [0.29, 0.717) is 0 Å². The van der Waals surface area contributed by atoms with E-state index in [0.717, 1.165) is 89.2 Å². The molecule has 0 saturated heterocycles. The number of benzene rings is 5. The second-order valence-electron chi connectivity index (χ2n) is 12.3. The van der Waals surface area contributed by atoms with Gasteiger partial charge < -0.3 is 4.98 Å². The molecule has 4 heterocycles. The van der Waals surface area contributed by atoms with Crippen molar-refractivity contribution in [1.29, 1.82) is 0 Å². The van der Waals surface area contributed by atoms with E-state index in [-0.39, 0.29) is 0 Å². The predicted molar refractivity (Wildman–Crippen MR) is 202 cm³/mol. The molecular formula is C46H31N3. The summed E-state index contributed by atoms with van der Waals surface area (Å²) in [5, 5.41) is 2.00. The van der Waals surface area contributed by atoms with Gasteiger partial charge in [0.15, 0.2) is 0 Å². The third-order valence-electron chi connectivity index (χ3n) is 9.22. The van der Waals surface area contributed by atoms with Crippen LogP contribution in [0.25, 0.3) is 22.3 Å². The van der Waals surface area contributed by atoms with Crippen molar-refractivity contribution in [2.45, 2.75) is 0 Å². The molecule has 0 unspecified atom stereocenters. The summed E-state index contributed by atoms with van der Waals surface area (Å²) < 4.78 is 0. The van der Waals surface area contributed by atoms with Gasteiger partial charge in [-0.25, -0.2) is 9.98 Å². The van der Waals surface area contributed by atoms with Gasteiger partial charge in [0.1, 0.15) is 0 Å². The van der Waals surface area contributed by atoms with Crippen LogP contribution in [-0.2, 0) is 0 Å². The number of hydrogen-bond acceptors (Lipinski definition) is 2. The van der Waals surface area contributed by atoms with Crippen molar-refractivity contribution in [2.75, 3.05) is 0 Å². The minimum absolute atomic E-state index is 0.915. The normalized spacial score (nSPS) is 15.2. The van der Waals surface area contributed by atoms with Crippen LogP contribution in [0.1, 0.15) is 33.4 Å². The summed E-state index contributed by atoms with van der Waals surface area (Å²) in [4.78, 5) is 14.6. The Morgan fingerprint density at radius 3 is 1.04 bits per heavy atom. The van der Waals surface area contributed by atoms with Crippen molar-refractivity contribution in [1.82, 2.24) is 4.98 Å². The van der Waals surface area contributed by atoms with Crippen molar-refractivity contribution < 1.29 is 0 Å². The lowest BCUT2D eigenvalue weighted by molar-refractivity contribution is 1.25. The zero-order chi connectivity index (χ0) is 32.6. The number of allylic oxidation sites excluding steroid dienone is 4. The number of aliphatic imine (C=N–C) groups is 2. The Morgan fingerprint density at radius 2 is 0.653 bits per heavy atom. The van der Waals surface area contributed by atoms with Gasteiger partial charge in [0, 0.05) is 33.0 Å². The smallest absolute Gasteiger partial charge is 0.0737 e. The molecule has 3 heteroatoms. The molecule has 8 bridgehead atoms. The van der Waals surface area contributed by atoms with E-state index in [2.05, 4.69) is 187 Å². The first-order valence-electron chi connectivity index (χ1n) is 16.6. The summed E-state index contributed by atoms with van der Waals surface area (Å²) in [6.45, 7) is 0. The Hall–Kier alpha value is -6.58. The SMILES string of the molecule is C1=CC2=C(c3ccccc3)c3cccc(c3)C(c3ccccc3)=C3C=CC(=N3)C(c3ccccc3)=c3ccc([nH]3)=C(c3ccccc3)C1=N2. The lowest BCUT2D eigenvalue weighted by atomic mass is 9.90. The fourth-order valence-corrected chi connectivity index (χ4v) is 7.03. The van der Waals surface area contributed by atoms with E-state index in [4.69, 9.17) is 9.98 Å². The highest BCUT2D eigenvalue weighted by molar-refractivity contribution is 6.31. The number of fused-ring (bicyclic) bond motifs is 6. The van der Waals surface area contributed by atoms with Crippen molar-refractivity contribution >= 4 is 33.7 Å². The average molecular weight is 626 g/mol. The van der Waals surface area contributed by atoms with Crippen molar-refractivity contribution in [3.8, 4) is 0 Å². The number of H-pyrrole nitrogens is 1. The molecule has 0 radical (unpaired) electrons. The maximum Gasteiger partial charge on any atom is 0.0737 e. The summed E-state index contributed by atoms with van der Waals surface area (Å²) >= 11 is 0. The van der Waals surface area contributed by atoms with Gasteiger partial charge in [-0.3, -0.25) is 0 Å². The van der Waals surface area contributed by atoms with Crippen LogP contribution in [0, 0.1) is 0 Å². The molecule has 0 fully saturated rings. The molecule has 6 aromatic rings. The van der Waals surface area contributed by atoms with E-state index in [1.54, 1.807) is 0 Å². The highest BCUT2D eigenvalue weighted by Crippen LogP contribution is 2.36. The second-order valence-corrected chi connectivity index (χ2v) is 12.3. The van der Waals surface area contributed by atoms with Crippen LogP contribution in [0.4, 0.5) is 0 Å². The molecule has 3 aliphatic heterocycles. The molecule has 0 spiro atoms. The van der Waals surface area contributed by atoms with Crippen molar-refractivity contribution in [2.24, 2.45) is 9.98 Å². The molecule has 0 amide bonds. The minimum Gasteiger partial charge on any atom is -0.354 e. The van der Waals surface area contributed by atoms with Crippen molar-refractivity contribution in [3.63, 3.8) is 0 Å². The Kier molecular flexibility index (Phi) is 7.14. The zero-order valence-corrected chi connectivity index (χ0v) is 26.7. The molecule has 1 N–H and O–H groups in total. The lowest BCUT2D eigenvalue weighted by Crippen LogP contribution is -2.21. The number of aromatic nitrogens is 1. The van der Waals surface area contributed by atoms with Crippen LogP contribution in [0.15, 0.2) is 203 Å². The van der Waals surface area contributed by atoms with Crippen LogP contribution in [0.5, 0.6) is 0 Å². The van der Waals surface area contributed by atoms with E-state index in [1.807, 2.05) is 0 Å². The first-order chi connectivity index (χ1) is 24.3. The van der Waals surface area contributed by atoms with Gasteiger partial charge in [0.2, 0.25) is 0 Å².